The van der Waals surface area contributed by atoms with E-state index < -0.39 is 12.1 Å². The summed E-state index contributed by atoms with van der Waals surface area (Å²) in [5.74, 6) is -0.161. The van der Waals surface area contributed by atoms with Crippen LogP contribution in [0.4, 0.5) is 0 Å². The molecule has 1 aliphatic heterocycles. The predicted octanol–water partition coefficient (Wildman–Crippen LogP) is 1.13. The van der Waals surface area contributed by atoms with Gasteiger partial charge in [0, 0.05) is 38.1 Å². The summed E-state index contributed by atoms with van der Waals surface area (Å²) in [6.45, 7) is 3.14. The Morgan fingerprint density at radius 3 is 2.85 bits per heavy atom. The summed E-state index contributed by atoms with van der Waals surface area (Å²) in [5.41, 5.74) is 0.831. The van der Waals surface area contributed by atoms with Crippen molar-refractivity contribution < 1.29 is 19.4 Å². The first-order valence-corrected chi connectivity index (χ1v) is 9.39. The molecule has 2 heterocycles. The molecule has 0 radical (unpaired) electrons. The van der Waals surface area contributed by atoms with Crippen LogP contribution in [0.2, 0.25) is 0 Å². The van der Waals surface area contributed by atoms with Crippen LogP contribution < -0.4 is 0 Å². The molecule has 0 unspecified atom stereocenters. The zero-order chi connectivity index (χ0) is 18.5. The Hall–Kier alpha value is -1.99. The predicted molar refractivity (Wildman–Crippen MR) is 95.2 cm³/mol. The van der Waals surface area contributed by atoms with Gasteiger partial charge in [-0.05, 0) is 44.2 Å². The number of likely N-dealkylation sites (N-methyl/N-ethyl adjacent to an activating group) is 1. The number of hydrogen-bond donors (Lipinski definition) is 1. The number of nitrogens with zero attached hydrogens (tertiary/aromatic N) is 3. The number of carbonyl (C=O) groups excluding carboxylic acids is 2. The number of aliphatic hydroxyl groups is 1. The molecule has 26 heavy (non-hydrogen) atoms. The molecule has 7 nitrogen and oxygen atoms in total. The number of unbranched alkanes of at least 4 members (excludes halogenated alkanes) is 1. The lowest BCUT2D eigenvalue weighted by Gasteiger charge is -2.42. The van der Waals surface area contributed by atoms with Gasteiger partial charge in [-0.3, -0.25) is 14.6 Å². The number of carbonyl (C=O) groups is 2. The Kier molecular flexibility index (Phi) is 6.21. The van der Waals surface area contributed by atoms with Crippen LogP contribution in [0.5, 0.6) is 0 Å². The Labute approximate surface area is 153 Å². The van der Waals surface area contributed by atoms with Gasteiger partial charge >= 0.3 is 0 Å². The highest BCUT2D eigenvalue weighted by atomic mass is 16.5. The number of hydrogen-bond acceptors (Lipinski definition) is 5. The van der Waals surface area contributed by atoms with Crippen LogP contribution in [-0.2, 0) is 14.3 Å². The molecule has 1 aromatic rings. The molecule has 1 N–H and O–H groups in total. The number of ether oxygens (including phenoxy) is 1. The lowest BCUT2D eigenvalue weighted by molar-refractivity contribution is -0.170. The van der Waals surface area contributed by atoms with Crippen molar-refractivity contribution in [2.24, 2.45) is 0 Å². The van der Waals surface area contributed by atoms with E-state index in [1.165, 1.54) is 0 Å². The molecule has 142 valence electrons. The summed E-state index contributed by atoms with van der Waals surface area (Å²) < 4.78 is 5.76. The first kappa shape index (κ1) is 18.8. The van der Waals surface area contributed by atoms with Crippen LogP contribution in [0.3, 0.4) is 0 Å². The molecular formula is C19H27N3O4. The third-order valence-electron chi connectivity index (χ3n) is 5.00. The van der Waals surface area contributed by atoms with Gasteiger partial charge in [-0.15, -0.1) is 0 Å². The van der Waals surface area contributed by atoms with Crippen LogP contribution in [0.15, 0.2) is 24.5 Å². The molecule has 2 atom stereocenters. The van der Waals surface area contributed by atoms with Crippen molar-refractivity contribution in [1.82, 2.24) is 14.8 Å². The Morgan fingerprint density at radius 1 is 1.42 bits per heavy atom. The van der Waals surface area contributed by atoms with Gasteiger partial charge in [0.25, 0.3) is 5.91 Å². The highest BCUT2D eigenvalue weighted by Gasteiger charge is 2.48. The van der Waals surface area contributed by atoms with Gasteiger partial charge in [0.1, 0.15) is 6.61 Å². The molecule has 7 heteroatoms. The summed E-state index contributed by atoms with van der Waals surface area (Å²) >= 11 is 0. The summed E-state index contributed by atoms with van der Waals surface area (Å²) in [4.78, 5) is 33.5. The molecule has 0 bridgehead atoms. The highest BCUT2D eigenvalue weighted by Crippen LogP contribution is 2.39. The Bertz CT molecular complexity index is 620. The van der Waals surface area contributed by atoms with Crippen molar-refractivity contribution in [2.75, 3.05) is 26.3 Å². The third kappa shape index (κ3) is 4.04. The molecule has 1 aromatic heterocycles. The third-order valence-corrected chi connectivity index (χ3v) is 5.00. The number of amides is 2. The molecular weight excluding hydrogens is 334 g/mol. The zero-order valence-electron chi connectivity index (χ0n) is 15.2. The van der Waals surface area contributed by atoms with E-state index in [4.69, 9.17) is 9.84 Å². The Balaban J connectivity index is 1.85. The Morgan fingerprint density at radius 2 is 2.23 bits per heavy atom. The number of aromatic nitrogens is 1. The lowest BCUT2D eigenvalue weighted by atomic mass is 9.97. The van der Waals surface area contributed by atoms with Crippen molar-refractivity contribution >= 4 is 11.8 Å². The minimum Gasteiger partial charge on any atom is -0.396 e. The number of rotatable bonds is 8. The molecule has 0 aromatic carbocycles. The van der Waals surface area contributed by atoms with E-state index >= 15 is 0 Å². The number of morpholine rings is 1. The van der Waals surface area contributed by atoms with Crippen LogP contribution in [0.1, 0.15) is 44.2 Å². The average molecular weight is 361 g/mol. The van der Waals surface area contributed by atoms with E-state index in [2.05, 4.69) is 4.98 Å². The second-order valence-corrected chi connectivity index (χ2v) is 6.84. The minimum absolute atomic E-state index is 0.0577. The van der Waals surface area contributed by atoms with Gasteiger partial charge in [0.15, 0.2) is 6.10 Å². The van der Waals surface area contributed by atoms with Gasteiger partial charge < -0.3 is 19.6 Å². The van der Waals surface area contributed by atoms with Crippen LogP contribution in [0.25, 0.3) is 0 Å². The van der Waals surface area contributed by atoms with Gasteiger partial charge in [-0.2, -0.15) is 0 Å². The maximum absolute atomic E-state index is 13.2. The molecule has 1 aliphatic carbocycles. The van der Waals surface area contributed by atoms with Crippen LogP contribution >= 0.6 is 0 Å². The van der Waals surface area contributed by atoms with Crippen molar-refractivity contribution in [3.8, 4) is 0 Å². The fourth-order valence-electron chi connectivity index (χ4n) is 3.52. The maximum atomic E-state index is 13.2. The normalized spacial score (nSPS) is 23.2. The SMILES string of the molecule is CCN(CCCCO)C(=O)[C@H]1OCC(=O)N(C2CC2)[C@@H]1c1cccnc1. The first-order chi connectivity index (χ1) is 12.7. The topological polar surface area (TPSA) is 83.0 Å². The van der Waals surface area contributed by atoms with E-state index in [-0.39, 0.29) is 31.1 Å². The van der Waals surface area contributed by atoms with Gasteiger partial charge in [0.2, 0.25) is 5.91 Å². The van der Waals surface area contributed by atoms with Crippen molar-refractivity contribution in [3.05, 3.63) is 30.1 Å². The van der Waals surface area contributed by atoms with E-state index in [1.54, 1.807) is 17.3 Å². The minimum atomic E-state index is -0.716. The van der Waals surface area contributed by atoms with Crippen LogP contribution in [0, 0.1) is 0 Å². The fraction of sp³-hybridized carbons (Fsp3) is 0.632. The maximum Gasteiger partial charge on any atom is 0.254 e. The standard InChI is InChI=1S/C19H27N3O4/c1-2-21(10-3-4-11-23)19(25)18-17(14-6-5-9-20-12-14)22(15-7-8-15)16(24)13-26-18/h5-6,9,12,15,17-18,23H,2-4,7-8,10-11,13H2,1H3/t17-,18+/m1/s1. The molecule has 1 saturated carbocycles. The number of pyridine rings is 1. The largest absolute Gasteiger partial charge is 0.396 e. The quantitative estimate of drug-likeness (QED) is 0.702. The average Bonchev–Trinajstić information content (AvgIpc) is 3.50. The number of aliphatic hydroxyl groups excluding tert-OH is 1. The van der Waals surface area contributed by atoms with Crippen molar-refractivity contribution in [2.45, 2.75) is 50.8 Å². The smallest absolute Gasteiger partial charge is 0.254 e. The second kappa shape index (κ2) is 8.60. The molecule has 2 aliphatic rings. The monoisotopic (exact) mass is 361 g/mol. The fourth-order valence-corrected chi connectivity index (χ4v) is 3.52. The molecule has 2 amide bonds. The van der Waals surface area contributed by atoms with E-state index in [9.17, 15) is 9.59 Å². The van der Waals surface area contributed by atoms with Gasteiger partial charge in [-0.25, -0.2) is 0 Å². The first-order valence-electron chi connectivity index (χ1n) is 9.39. The van der Waals surface area contributed by atoms with Gasteiger partial charge in [0.05, 0.1) is 6.04 Å². The molecule has 1 saturated heterocycles. The van der Waals surface area contributed by atoms with Gasteiger partial charge in [-0.1, -0.05) is 6.07 Å². The summed E-state index contributed by atoms with van der Waals surface area (Å²) in [6, 6.07) is 3.48. The van der Waals surface area contributed by atoms with E-state index in [0.717, 1.165) is 24.8 Å². The lowest BCUT2D eigenvalue weighted by Crippen LogP contribution is -2.55. The van der Waals surface area contributed by atoms with E-state index in [0.29, 0.717) is 19.5 Å². The second-order valence-electron chi connectivity index (χ2n) is 6.84. The van der Waals surface area contributed by atoms with Crippen molar-refractivity contribution in [3.63, 3.8) is 0 Å². The van der Waals surface area contributed by atoms with Crippen LogP contribution in [-0.4, -0.2) is 70.2 Å². The molecule has 0 spiro atoms. The highest BCUT2D eigenvalue weighted by molar-refractivity contribution is 5.86. The summed E-state index contributed by atoms with van der Waals surface area (Å²) in [5, 5.41) is 8.98. The molecule has 3 rings (SSSR count). The summed E-state index contributed by atoms with van der Waals surface area (Å²) in [7, 11) is 0. The van der Waals surface area contributed by atoms with E-state index in [1.807, 2.05) is 24.0 Å². The van der Waals surface area contributed by atoms with Crippen molar-refractivity contribution in [1.29, 1.82) is 0 Å². The summed E-state index contributed by atoms with van der Waals surface area (Å²) in [6.07, 6.45) is 6.02. The molecule has 2 fully saturated rings. The zero-order valence-corrected chi connectivity index (χ0v) is 15.2.